The first-order valence-electron chi connectivity index (χ1n) is 6.03. The van der Waals surface area contributed by atoms with Gasteiger partial charge in [0.2, 0.25) is 0 Å². The van der Waals surface area contributed by atoms with Crippen LogP contribution in [0.15, 0.2) is 42.5 Å². The second-order valence-electron chi connectivity index (χ2n) is 4.39. The molecule has 0 radical (unpaired) electrons. The van der Waals surface area contributed by atoms with E-state index >= 15 is 0 Å². The molecule has 2 aromatic carbocycles. The van der Waals surface area contributed by atoms with Crippen LogP contribution in [0.2, 0.25) is 0 Å². The topological polar surface area (TPSA) is 26.0 Å². The summed E-state index contributed by atoms with van der Waals surface area (Å²) in [5.74, 6) is 0. The lowest BCUT2D eigenvalue weighted by atomic mass is 9.97. The molecule has 2 aromatic rings. The summed E-state index contributed by atoms with van der Waals surface area (Å²) >= 11 is 0. The predicted octanol–water partition coefficient (Wildman–Crippen LogP) is 3.51. The lowest BCUT2D eigenvalue weighted by molar-refractivity contribution is 0.602. The zero-order valence-electron chi connectivity index (χ0n) is 9.82. The lowest BCUT2D eigenvalue weighted by Gasteiger charge is -2.12. The molecular weight excluding hydrogens is 194 g/mol. The van der Waals surface area contributed by atoms with Gasteiger partial charge in [-0.2, -0.15) is 0 Å². The Hall–Kier alpha value is -1.34. The van der Waals surface area contributed by atoms with Crippen molar-refractivity contribution in [3.05, 3.63) is 48.0 Å². The van der Waals surface area contributed by atoms with Crippen LogP contribution in [0.4, 0.5) is 0 Å². The lowest BCUT2D eigenvalue weighted by Crippen LogP contribution is -2.22. The maximum atomic E-state index is 6.11. The molecule has 1 heteroatoms. The number of nitrogens with two attached hydrogens (primary N) is 1. The van der Waals surface area contributed by atoms with E-state index in [0.29, 0.717) is 0 Å². The zero-order chi connectivity index (χ0) is 11.4. The monoisotopic (exact) mass is 213 g/mol. The molecule has 0 aliphatic rings. The minimum absolute atomic E-state index is 0.288. The molecule has 1 unspecified atom stereocenters. The van der Waals surface area contributed by atoms with Crippen molar-refractivity contribution in [3.8, 4) is 0 Å². The van der Waals surface area contributed by atoms with E-state index in [2.05, 4.69) is 49.4 Å². The van der Waals surface area contributed by atoms with Crippen molar-refractivity contribution in [1.29, 1.82) is 0 Å². The van der Waals surface area contributed by atoms with Gasteiger partial charge in [0.1, 0.15) is 0 Å². The van der Waals surface area contributed by atoms with Crippen LogP contribution >= 0.6 is 0 Å². The SMILES string of the molecule is CCCC(N)Cc1cccc2ccccc12. The quantitative estimate of drug-likeness (QED) is 0.826. The highest BCUT2D eigenvalue weighted by Crippen LogP contribution is 2.20. The second kappa shape index (κ2) is 5.13. The Morgan fingerprint density at radius 1 is 1.06 bits per heavy atom. The fourth-order valence-electron chi connectivity index (χ4n) is 2.23. The van der Waals surface area contributed by atoms with Crippen molar-refractivity contribution in [2.45, 2.75) is 32.2 Å². The molecule has 1 atom stereocenters. The van der Waals surface area contributed by atoms with Crippen molar-refractivity contribution in [1.82, 2.24) is 0 Å². The van der Waals surface area contributed by atoms with Crippen LogP contribution in [0.5, 0.6) is 0 Å². The summed E-state index contributed by atoms with van der Waals surface area (Å²) in [6, 6.07) is 15.3. The summed E-state index contributed by atoms with van der Waals surface area (Å²) in [5.41, 5.74) is 7.48. The molecule has 0 fully saturated rings. The Balaban J connectivity index is 2.30. The molecule has 0 saturated carbocycles. The van der Waals surface area contributed by atoms with Crippen molar-refractivity contribution in [2.24, 2.45) is 5.73 Å². The van der Waals surface area contributed by atoms with Crippen LogP contribution in [0, 0.1) is 0 Å². The summed E-state index contributed by atoms with van der Waals surface area (Å²) in [5, 5.41) is 2.65. The molecule has 1 nitrogen and oxygen atoms in total. The van der Waals surface area contributed by atoms with E-state index in [1.54, 1.807) is 0 Å². The van der Waals surface area contributed by atoms with E-state index in [4.69, 9.17) is 5.73 Å². The second-order valence-corrected chi connectivity index (χ2v) is 4.39. The van der Waals surface area contributed by atoms with Gasteiger partial charge in [-0.05, 0) is 29.2 Å². The molecule has 0 amide bonds. The number of rotatable bonds is 4. The van der Waals surface area contributed by atoms with E-state index in [-0.39, 0.29) is 6.04 Å². The zero-order valence-corrected chi connectivity index (χ0v) is 9.82. The average molecular weight is 213 g/mol. The van der Waals surface area contributed by atoms with Crippen LogP contribution in [-0.4, -0.2) is 6.04 Å². The maximum absolute atomic E-state index is 6.11. The van der Waals surface area contributed by atoms with Gasteiger partial charge in [0.05, 0.1) is 0 Å². The van der Waals surface area contributed by atoms with Crippen LogP contribution in [0.1, 0.15) is 25.3 Å². The van der Waals surface area contributed by atoms with Crippen LogP contribution in [-0.2, 0) is 6.42 Å². The normalized spacial score (nSPS) is 12.9. The van der Waals surface area contributed by atoms with Crippen LogP contribution in [0.3, 0.4) is 0 Å². The van der Waals surface area contributed by atoms with Gasteiger partial charge >= 0.3 is 0 Å². The van der Waals surface area contributed by atoms with Gasteiger partial charge in [0.25, 0.3) is 0 Å². The van der Waals surface area contributed by atoms with Crippen molar-refractivity contribution in [2.75, 3.05) is 0 Å². The van der Waals surface area contributed by atoms with Gasteiger partial charge in [-0.25, -0.2) is 0 Å². The third-order valence-electron chi connectivity index (χ3n) is 3.02. The summed E-state index contributed by atoms with van der Waals surface area (Å²) in [7, 11) is 0. The highest BCUT2D eigenvalue weighted by molar-refractivity contribution is 5.85. The molecule has 0 heterocycles. The fourth-order valence-corrected chi connectivity index (χ4v) is 2.23. The fraction of sp³-hybridized carbons (Fsp3) is 0.333. The third-order valence-corrected chi connectivity index (χ3v) is 3.02. The number of fused-ring (bicyclic) bond motifs is 1. The van der Waals surface area contributed by atoms with Crippen LogP contribution in [0.25, 0.3) is 10.8 Å². The Bertz CT molecular complexity index is 456. The molecule has 2 N–H and O–H groups in total. The largest absolute Gasteiger partial charge is 0.327 e. The summed E-state index contributed by atoms with van der Waals surface area (Å²) in [6.45, 7) is 2.18. The first-order valence-corrected chi connectivity index (χ1v) is 6.03. The average Bonchev–Trinajstić information content (AvgIpc) is 2.30. The highest BCUT2D eigenvalue weighted by Gasteiger charge is 2.05. The molecule has 0 bridgehead atoms. The number of benzene rings is 2. The molecule has 84 valence electrons. The summed E-state index contributed by atoms with van der Waals surface area (Å²) in [6.07, 6.45) is 3.24. The standard InChI is InChI=1S/C15H19N/c1-2-6-14(16)11-13-9-5-8-12-7-3-4-10-15(12)13/h3-5,7-10,14H,2,6,11,16H2,1H3. The van der Waals surface area contributed by atoms with Gasteiger partial charge < -0.3 is 5.73 Å². The van der Waals surface area contributed by atoms with Crippen molar-refractivity contribution in [3.63, 3.8) is 0 Å². The Kier molecular flexibility index (Phi) is 3.58. The van der Waals surface area contributed by atoms with E-state index in [1.165, 1.54) is 16.3 Å². The Morgan fingerprint density at radius 3 is 2.62 bits per heavy atom. The number of hydrogen-bond acceptors (Lipinski definition) is 1. The molecular formula is C15H19N. The van der Waals surface area contributed by atoms with Crippen molar-refractivity contribution >= 4 is 10.8 Å². The summed E-state index contributed by atoms with van der Waals surface area (Å²) in [4.78, 5) is 0. The summed E-state index contributed by atoms with van der Waals surface area (Å²) < 4.78 is 0. The van der Waals surface area contributed by atoms with E-state index < -0.39 is 0 Å². The van der Waals surface area contributed by atoms with E-state index in [9.17, 15) is 0 Å². The highest BCUT2D eigenvalue weighted by atomic mass is 14.6. The van der Waals surface area contributed by atoms with Gasteiger partial charge in [0.15, 0.2) is 0 Å². The molecule has 0 aromatic heterocycles. The predicted molar refractivity (Wildman–Crippen MR) is 70.5 cm³/mol. The van der Waals surface area contributed by atoms with Gasteiger partial charge in [-0.15, -0.1) is 0 Å². The van der Waals surface area contributed by atoms with Crippen molar-refractivity contribution < 1.29 is 0 Å². The molecule has 0 aliphatic carbocycles. The van der Waals surface area contributed by atoms with Gasteiger partial charge in [0, 0.05) is 6.04 Å². The molecule has 0 saturated heterocycles. The van der Waals surface area contributed by atoms with Crippen LogP contribution < -0.4 is 5.73 Å². The Morgan fingerprint density at radius 2 is 1.81 bits per heavy atom. The molecule has 2 rings (SSSR count). The maximum Gasteiger partial charge on any atom is 0.00794 e. The Labute approximate surface area is 97.3 Å². The first-order chi connectivity index (χ1) is 7.81. The minimum Gasteiger partial charge on any atom is -0.327 e. The first kappa shape index (κ1) is 11.2. The van der Waals surface area contributed by atoms with Gasteiger partial charge in [-0.3, -0.25) is 0 Å². The molecule has 0 spiro atoms. The van der Waals surface area contributed by atoms with E-state index in [0.717, 1.165) is 19.3 Å². The van der Waals surface area contributed by atoms with E-state index in [1.807, 2.05) is 0 Å². The molecule has 0 aliphatic heterocycles. The molecule has 16 heavy (non-hydrogen) atoms. The minimum atomic E-state index is 0.288. The smallest absolute Gasteiger partial charge is 0.00794 e. The van der Waals surface area contributed by atoms with Gasteiger partial charge in [-0.1, -0.05) is 55.8 Å². The third kappa shape index (κ3) is 2.42. The number of hydrogen-bond donors (Lipinski definition) is 1.